The van der Waals surface area contributed by atoms with E-state index in [0.717, 1.165) is 5.56 Å². The predicted octanol–water partition coefficient (Wildman–Crippen LogP) is -1.02. The fraction of sp³-hybridized carbons (Fsp3) is 0.500. The molecule has 114 valence electrons. The Hall–Kier alpha value is -1.51. The predicted molar refractivity (Wildman–Crippen MR) is 71.4 cm³/mol. The summed E-state index contributed by atoms with van der Waals surface area (Å²) in [6.07, 6.45) is -5.28. The van der Waals surface area contributed by atoms with Gasteiger partial charge in [0.2, 0.25) is 0 Å². The Bertz CT molecular complexity index is 534. The molecule has 21 heavy (non-hydrogen) atoms. The van der Waals surface area contributed by atoms with Crippen LogP contribution < -0.4 is 0 Å². The highest BCUT2D eigenvalue weighted by molar-refractivity contribution is 6.01. The number of oxime groups is 1. The van der Waals surface area contributed by atoms with Gasteiger partial charge in [-0.3, -0.25) is 0 Å². The fourth-order valence-electron chi connectivity index (χ4n) is 2.65. The largest absolute Gasteiger partial charge is 0.394 e. The van der Waals surface area contributed by atoms with Crippen LogP contribution in [0.15, 0.2) is 35.5 Å². The second kappa shape index (κ2) is 5.36. The first-order valence-electron chi connectivity index (χ1n) is 6.71. The van der Waals surface area contributed by atoms with Gasteiger partial charge in [-0.1, -0.05) is 35.5 Å². The van der Waals surface area contributed by atoms with Crippen molar-refractivity contribution in [1.29, 1.82) is 0 Å². The topological polar surface area (TPSA) is 112 Å². The number of hydrogen-bond donors (Lipinski definition) is 4. The minimum atomic E-state index is -1.59. The van der Waals surface area contributed by atoms with Crippen LogP contribution in [0.2, 0.25) is 0 Å². The van der Waals surface area contributed by atoms with E-state index >= 15 is 0 Å². The summed E-state index contributed by atoms with van der Waals surface area (Å²) >= 11 is 0. The lowest BCUT2D eigenvalue weighted by molar-refractivity contribution is -0.355. The quantitative estimate of drug-likeness (QED) is 0.556. The molecule has 2 heterocycles. The summed E-state index contributed by atoms with van der Waals surface area (Å²) in [6.45, 7) is -0.503. The molecule has 3 rings (SSSR count). The molecule has 1 aromatic rings. The first-order valence-corrected chi connectivity index (χ1v) is 6.71. The zero-order valence-electron chi connectivity index (χ0n) is 11.2. The first-order chi connectivity index (χ1) is 10.1. The van der Waals surface area contributed by atoms with Gasteiger partial charge < -0.3 is 30.0 Å². The van der Waals surface area contributed by atoms with Crippen molar-refractivity contribution in [2.45, 2.75) is 36.6 Å². The average molecular weight is 295 g/mol. The van der Waals surface area contributed by atoms with Crippen molar-refractivity contribution in [3.63, 3.8) is 0 Å². The first kappa shape index (κ1) is 14.4. The van der Waals surface area contributed by atoms with Crippen LogP contribution >= 0.6 is 0 Å². The third-order valence-electron chi connectivity index (χ3n) is 3.87. The molecule has 5 atom stereocenters. The van der Waals surface area contributed by atoms with Crippen molar-refractivity contribution in [2.75, 3.05) is 6.61 Å². The van der Waals surface area contributed by atoms with E-state index in [2.05, 4.69) is 5.16 Å². The zero-order valence-corrected chi connectivity index (χ0v) is 11.2. The maximum Gasteiger partial charge on any atom is 0.271 e. The van der Waals surface area contributed by atoms with Crippen molar-refractivity contribution in [3.05, 3.63) is 35.9 Å². The summed E-state index contributed by atoms with van der Waals surface area (Å²) < 4.78 is 5.48. The molecule has 4 N–H and O–H groups in total. The molecule has 0 aromatic heterocycles. The number of nitrogens with zero attached hydrogens (tertiary/aromatic N) is 1. The van der Waals surface area contributed by atoms with E-state index in [0.29, 0.717) is 5.71 Å². The van der Waals surface area contributed by atoms with Gasteiger partial charge in [0.1, 0.15) is 18.3 Å². The van der Waals surface area contributed by atoms with Gasteiger partial charge in [0.15, 0.2) is 6.10 Å². The SMILES string of the molecule is OC[C@H]1O[C@@]2(CC(c3ccccc3)=NO2)[C@H](O)[C@@H](O)[C@@H]1O. The van der Waals surface area contributed by atoms with E-state index in [1.54, 1.807) is 0 Å². The summed E-state index contributed by atoms with van der Waals surface area (Å²) in [5.74, 6) is -1.59. The maximum atomic E-state index is 10.2. The fourth-order valence-corrected chi connectivity index (χ4v) is 2.65. The number of aliphatic hydroxyl groups is 4. The molecule has 1 aromatic carbocycles. The average Bonchev–Trinajstić information content (AvgIpc) is 2.95. The number of rotatable bonds is 2. The second-order valence-corrected chi connectivity index (χ2v) is 5.25. The van der Waals surface area contributed by atoms with Crippen LogP contribution in [0.1, 0.15) is 12.0 Å². The molecule has 0 aliphatic carbocycles. The molecule has 0 radical (unpaired) electrons. The Morgan fingerprint density at radius 3 is 2.52 bits per heavy atom. The summed E-state index contributed by atoms with van der Waals surface area (Å²) in [6, 6.07) is 9.23. The summed E-state index contributed by atoms with van der Waals surface area (Å²) in [5.41, 5.74) is 1.38. The molecule has 1 fully saturated rings. The molecule has 0 unspecified atom stereocenters. The van der Waals surface area contributed by atoms with Crippen LogP contribution in [0.25, 0.3) is 0 Å². The molecule has 0 bridgehead atoms. The van der Waals surface area contributed by atoms with E-state index in [-0.39, 0.29) is 6.42 Å². The van der Waals surface area contributed by atoms with Crippen molar-refractivity contribution in [1.82, 2.24) is 0 Å². The van der Waals surface area contributed by atoms with Gasteiger partial charge in [-0.2, -0.15) is 0 Å². The standard InChI is InChI=1S/C14H17NO6/c16-7-10-11(17)12(18)13(19)14(20-10)6-9(15-21-14)8-4-2-1-3-5-8/h1-5,10-13,16-19H,6-7H2/t10-,11-,12+,13-,14-/m1/s1. The third kappa shape index (κ3) is 2.33. The number of hydrogen-bond acceptors (Lipinski definition) is 7. The Labute approximate surface area is 121 Å². The monoisotopic (exact) mass is 295 g/mol. The molecular formula is C14H17NO6. The van der Waals surface area contributed by atoms with Gasteiger partial charge in [-0.05, 0) is 5.56 Å². The Balaban J connectivity index is 1.83. The van der Waals surface area contributed by atoms with E-state index in [1.165, 1.54) is 0 Å². The highest BCUT2D eigenvalue weighted by Gasteiger charge is 2.58. The lowest BCUT2D eigenvalue weighted by Crippen LogP contribution is -2.65. The van der Waals surface area contributed by atoms with Gasteiger partial charge in [-0.25, -0.2) is 0 Å². The number of benzene rings is 1. The molecule has 0 saturated carbocycles. The molecule has 1 spiro atoms. The lowest BCUT2D eigenvalue weighted by atomic mass is 9.89. The van der Waals surface area contributed by atoms with E-state index in [1.807, 2.05) is 30.3 Å². The van der Waals surface area contributed by atoms with Crippen molar-refractivity contribution < 1.29 is 30.0 Å². The maximum absolute atomic E-state index is 10.2. The Morgan fingerprint density at radius 2 is 1.86 bits per heavy atom. The van der Waals surface area contributed by atoms with E-state index in [4.69, 9.17) is 9.57 Å². The van der Waals surface area contributed by atoms with Crippen LogP contribution in [0, 0.1) is 0 Å². The molecule has 0 amide bonds. The summed E-state index contributed by atoms with van der Waals surface area (Å²) in [4.78, 5) is 5.25. The Morgan fingerprint density at radius 1 is 1.14 bits per heavy atom. The van der Waals surface area contributed by atoms with Gasteiger partial charge in [0.05, 0.1) is 18.7 Å². The normalized spacial score (nSPS) is 39.1. The van der Waals surface area contributed by atoms with E-state index in [9.17, 15) is 20.4 Å². The van der Waals surface area contributed by atoms with Crippen LogP contribution in [-0.4, -0.2) is 62.9 Å². The van der Waals surface area contributed by atoms with Gasteiger partial charge in [-0.15, -0.1) is 0 Å². The minimum Gasteiger partial charge on any atom is -0.394 e. The molecule has 7 heteroatoms. The minimum absolute atomic E-state index is 0.110. The van der Waals surface area contributed by atoms with Crippen molar-refractivity contribution in [3.8, 4) is 0 Å². The van der Waals surface area contributed by atoms with Crippen LogP contribution in [0.5, 0.6) is 0 Å². The molecule has 1 saturated heterocycles. The molecule has 2 aliphatic rings. The Kier molecular flexibility index (Phi) is 3.68. The third-order valence-corrected chi connectivity index (χ3v) is 3.87. The highest BCUT2D eigenvalue weighted by atomic mass is 16.8. The molecular weight excluding hydrogens is 278 g/mol. The van der Waals surface area contributed by atoms with Crippen LogP contribution in [0.4, 0.5) is 0 Å². The van der Waals surface area contributed by atoms with Crippen molar-refractivity contribution in [2.24, 2.45) is 5.16 Å². The van der Waals surface area contributed by atoms with Crippen LogP contribution in [-0.2, 0) is 9.57 Å². The number of ether oxygens (including phenoxy) is 1. The smallest absolute Gasteiger partial charge is 0.271 e. The summed E-state index contributed by atoms with van der Waals surface area (Å²) in [7, 11) is 0. The number of aliphatic hydroxyl groups excluding tert-OH is 4. The second-order valence-electron chi connectivity index (χ2n) is 5.25. The zero-order chi connectivity index (χ0) is 15.0. The lowest BCUT2D eigenvalue weighted by Gasteiger charge is -2.44. The van der Waals surface area contributed by atoms with Gasteiger partial charge in [0, 0.05) is 0 Å². The van der Waals surface area contributed by atoms with Crippen molar-refractivity contribution >= 4 is 5.71 Å². The highest BCUT2D eigenvalue weighted by Crippen LogP contribution is 2.38. The van der Waals surface area contributed by atoms with Gasteiger partial charge >= 0.3 is 0 Å². The van der Waals surface area contributed by atoms with Crippen LogP contribution in [0.3, 0.4) is 0 Å². The molecule has 7 nitrogen and oxygen atoms in total. The summed E-state index contributed by atoms with van der Waals surface area (Å²) in [5, 5.41) is 43.0. The van der Waals surface area contributed by atoms with Gasteiger partial charge in [0.25, 0.3) is 5.79 Å². The van der Waals surface area contributed by atoms with E-state index < -0.39 is 36.8 Å². The molecule has 2 aliphatic heterocycles.